The zero-order chi connectivity index (χ0) is 21.5. The highest BCUT2D eigenvalue weighted by molar-refractivity contribution is 5.77. The number of likely N-dealkylation sites (tertiary alicyclic amines) is 1. The van der Waals surface area contributed by atoms with Gasteiger partial charge >= 0.3 is 0 Å². The number of hydrogen-bond acceptors (Lipinski definition) is 4. The first-order valence-electron chi connectivity index (χ1n) is 11.0. The van der Waals surface area contributed by atoms with Crippen molar-refractivity contribution in [2.45, 2.75) is 122 Å². The summed E-state index contributed by atoms with van der Waals surface area (Å²) >= 11 is 0. The molecule has 0 aromatic heterocycles. The number of amides is 1. The van der Waals surface area contributed by atoms with Gasteiger partial charge in [-0.25, -0.2) is 0 Å². The number of rotatable bonds is 5. The zero-order valence-electron chi connectivity index (χ0n) is 20.1. The zero-order valence-corrected chi connectivity index (χ0v) is 20.1. The molecule has 0 aromatic carbocycles. The quantitative estimate of drug-likeness (QED) is 0.769. The molecule has 0 bridgehead atoms. The number of carbonyl (C=O) groups is 1. The lowest BCUT2D eigenvalue weighted by Gasteiger charge is -2.53. The van der Waals surface area contributed by atoms with Crippen molar-refractivity contribution >= 4 is 5.91 Å². The van der Waals surface area contributed by atoms with Crippen LogP contribution in [0.3, 0.4) is 0 Å². The summed E-state index contributed by atoms with van der Waals surface area (Å²) in [5.74, 6) is 0.135. The van der Waals surface area contributed by atoms with E-state index in [1.807, 2.05) is 0 Å². The van der Waals surface area contributed by atoms with Crippen molar-refractivity contribution in [3.05, 3.63) is 0 Å². The summed E-state index contributed by atoms with van der Waals surface area (Å²) in [7, 11) is 2.20. The first-order valence-corrected chi connectivity index (χ1v) is 11.0. The lowest BCUT2D eigenvalue weighted by atomic mass is 9.78. The highest BCUT2D eigenvalue weighted by atomic mass is 16.5. The molecule has 0 radical (unpaired) electrons. The number of carbonyl (C=O) groups excluding carboxylic acids is 1. The van der Waals surface area contributed by atoms with E-state index >= 15 is 0 Å². The Morgan fingerprint density at radius 2 is 1.43 bits per heavy atom. The Bertz CT molecular complexity index is 534. The van der Waals surface area contributed by atoms with Crippen LogP contribution in [0.1, 0.15) is 88.0 Å². The molecule has 0 saturated carbocycles. The third kappa shape index (κ3) is 5.48. The SMILES string of the molecule is CCN(C(=O)COC1CC(C)(C)N(C)C(C)(C)C1)C1CC(C)(C)NC(C)(C)C1. The number of nitrogens with zero attached hydrogens (tertiary/aromatic N) is 2. The molecule has 0 unspecified atom stereocenters. The van der Waals surface area contributed by atoms with Gasteiger partial charge in [0.2, 0.25) is 5.91 Å². The molecule has 2 aliphatic rings. The van der Waals surface area contributed by atoms with Crippen molar-refractivity contribution in [1.82, 2.24) is 15.1 Å². The smallest absolute Gasteiger partial charge is 0.248 e. The first-order chi connectivity index (χ1) is 12.6. The minimum atomic E-state index is 0.0307. The molecule has 2 fully saturated rings. The summed E-state index contributed by atoms with van der Waals surface area (Å²) in [5.41, 5.74) is 0.206. The molecule has 28 heavy (non-hydrogen) atoms. The Balaban J connectivity index is 2.01. The lowest BCUT2D eigenvalue weighted by Crippen LogP contribution is -2.63. The van der Waals surface area contributed by atoms with E-state index < -0.39 is 0 Å². The molecular weight excluding hydrogens is 350 g/mol. The Labute approximate surface area is 173 Å². The summed E-state index contributed by atoms with van der Waals surface area (Å²) in [6.45, 7) is 21.0. The van der Waals surface area contributed by atoms with Crippen LogP contribution in [-0.2, 0) is 9.53 Å². The fourth-order valence-electron chi connectivity index (χ4n) is 5.80. The van der Waals surface area contributed by atoms with E-state index in [-0.39, 0.29) is 46.8 Å². The molecule has 1 amide bonds. The van der Waals surface area contributed by atoms with Crippen molar-refractivity contribution in [2.24, 2.45) is 0 Å². The molecule has 5 heteroatoms. The van der Waals surface area contributed by atoms with Crippen molar-refractivity contribution < 1.29 is 9.53 Å². The first kappa shape index (κ1) is 23.6. The molecule has 0 spiro atoms. The molecule has 2 rings (SSSR count). The maximum atomic E-state index is 13.1. The molecule has 1 N–H and O–H groups in total. The van der Waals surface area contributed by atoms with Crippen LogP contribution in [-0.4, -0.2) is 70.2 Å². The minimum absolute atomic E-state index is 0.0307. The Hall–Kier alpha value is -0.650. The van der Waals surface area contributed by atoms with Crippen molar-refractivity contribution in [3.8, 4) is 0 Å². The third-order valence-corrected chi connectivity index (χ3v) is 6.98. The second kappa shape index (κ2) is 7.88. The summed E-state index contributed by atoms with van der Waals surface area (Å²) in [6.07, 6.45) is 4.00. The van der Waals surface area contributed by atoms with Gasteiger partial charge in [0, 0.05) is 34.7 Å². The normalized spacial score (nSPS) is 27.5. The molecule has 164 valence electrons. The Morgan fingerprint density at radius 1 is 0.964 bits per heavy atom. The maximum Gasteiger partial charge on any atom is 0.248 e. The number of piperidine rings is 2. The van der Waals surface area contributed by atoms with Crippen molar-refractivity contribution in [2.75, 3.05) is 20.2 Å². The van der Waals surface area contributed by atoms with E-state index in [0.29, 0.717) is 0 Å². The number of nitrogens with one attached hydrogen (secondary N) is 1. The fourth-order valence-corrected chi connectivity index (χ4v) is 5.80. The van der Waals surface area contributed by atoms with Crippen molar-refractivity contribution in [1.29, 1.82) is 0 Å². The van der Waals surface area contributed by atoms with Crippen molar-refractivity contribution in [3.63, 3.8) is 0 Å². The lowest BCUT2D eigenvalue weighted by molar-refractivity contribution is -0.147. The van der Waals surface area contributed by atoms with E-state index in [9.17, 15) is 4.79 Å². The maximum absolute atomic E-state index is 13.1. The molecule has 0 aromatic rings. The summed E-state index contributed by atoms with van der Waals surface area (Å²) in [6, 6.07) is 0.262. The third-order valence-electron chi connectivity index (χ3n) is 6.98. The summed E-state index contributed by atoms with van der Waals surface area (Å²) < 4.78 is 6.21. The number of ether oxygens (including phenoxy) is 1. The monoisotopic (exact) mass is 395 g/mol. The van der Waals surface area contributed by atoms with Gasteiger partial charge in [-0.3, -0.25) is 9.69 Å². The van der Waals surface area contributed by atoms with Crippen LogP contribution in [0.15, 0.2) is 0 Å². The van der Waals surface area contributed by atoms with Gasteiger partial charge < -0.3 is 15.0 Å². The molecule has 0 aliphatic carbocycles. The van der Waals surface area contributed by atoms with Gasteiger partial charge in [-0.05, 0) is 95.0 Å². The second-order valence-electron chi connectivity index (χ2n) is 11.7. The second-order valence-corrected chi connectivity index (χ2v) is 11.7. The number of hydrogen-bond donors (Lipinski definition) is 1. The molecule has 0 atom stereocenters. The predicted molar refractivity (Wildman–Crippen MR) is 117 cm³/mol. The van der Waals surface area contributed by atoms with Gasteiger partial charge in [0.15, 0.2) is 0 Å². The van der Waals surface area contributed by atoms with Crippen LogP contribution in [0, 0.1) is 0 Å². The van der Waals surface area contributed by atoms with E-state index in [0.717, 1.165) is 32.2 Å². The van der Waals surface area contributed by atoms with Crippen LogP contribution >= 0.6 is 0 Å². The van der Waals surface area contributed by atoms with Gasteiger partial charge in [0.1, 0.15) is 6.61 Å². The number of likely N-dealkylation sites (N-methyl/N-ethyl adjacent to an activating group) is 1. The highest BCUT2D eigenvalue weighted by Crippen LogP contribution is 2.38. The van der Waals surface area contributed by atoms with Crippen LogP contribution < -0.4 is 5.32 Å². The van der Waals surface area contributed by atoms with Crippen LogP contribution in [0.25, 0.3) is 0 Å². The van der Waals surface area contributed by atoms with Gasteiger partial charge in [0.05, 0.1) is 6.10 Å². The molecule has 5 nitrogen and oxygen atoms in total. The van der Waals surface area contributed by atoms with Crippen LogP contribution in [0.4, 0.5) is 0 Å². The van der Waals surface area contributed by atoms with E-state index in [1.165, 1.54) is 0 Å². The van der Waals surface area contributed by atoms with Gasteiger partial charge in [-0.15, -0.1) is 0 Å². The van der Waals surface area contributed by atoms with Gasteiger partial charge in [-0.2, -0.15) is 0 Å². The Morgan fingerprint density at radius 3 is 1.86 bits per heavy atom. The topological polar surface area (TPSA) is 44.8 Å². The minimum Gasteiger partial charge on any atom is -0.368 e. The summed E-state index contributed by atoms with van der Waals surface area (Å²) in [4.78, 5) is 17.6. The average Bonchev–Trinajstić information content (AvgIpc) is 2.47. The van der Waals surface area contributed by atoms with Crippen LogP contribution in [0.5, 0.6) is 0 Å². The summed E-state index contributed by atoms with van der Waals surface area (Å²) in [5, 5.41) is 3.71. The molecular formula is C23H45N3O2. The molecule has 2 heterocycles. The van der Waals surface area contributed by atoms with E-state index in [2.05, 4.69) is 84.5 Å². The predicted octanol–water partition coefficient (Wildman–Crippen LogP) is 3.81. The highest BCUT2D eigenvalue weighted by Gasteiger charge is 2.44. The largest absolute Gasteiger partial charge is 0.368 e. The standard InChI is InChI=1S/C23H45N3O2/c1-11-26(17-12-20(2,3)24-21(4,5)13-17)19(27)16-28-18-14-22(6,7)25(10)23(8,9)15-18/h17-18,24H,11-16H2,1-10H3. The van der Waals surface area contributed by atoms with Gasteiger partial charge in [0.25, 0.3) is 0 Å². The van der Waals surface area contributed by atoms with E-state index in [1.54, 1.807) is 0 Å². The van der Waals surface area contributed by atoms with Crippen LogP contribution in [0.2, 0.25) is 0 Å². The Kier molecular flexibility index (Phi) is 6.65. The molecule has 2 aliphatic heterocycles. The average molecular weight is 396 g/mol. The van der Waals surface area contributed by atoms with Gasteiger partial charge in [-0.1, -0.05) is 0 Å². The van der Waals surface area contributed by atoms with E-state index in [4.69, 9.17) is 4.74 Å². The fraction of sp³-hybridized carbons (Fsp3) is 0.957. The molecule has 2 saturated heterocycles.